The highest BCUT2D eigenvalue weighted by Crippen LogP contribution is 2.25. The minimum Gasteiger partial charge on any atom is -0.487 e. The molecule has 0 aliphatic carbocycles. The number of sulfonamides is 1. The minimum atomic E-state index is -3.70. The SMILES string of the molecule is COCC(C)Oc1ccc(S(=O)(=O)N(C)C)cc1C(=O)O. The molecule has 0 aromatic heterocycles. The number of benzene rings is 1. The van der Waals surface area contributed by atoms with Gasteiger partial charge in [-0.25, -0.2) is 17.5 Å². The first-order valence-electron chi connectivity index (χ1n) is 6.15. The zero-order valence-corrected chi connectivity index (χ0v) is 13.2. The maximum atomic E-state index is 12.0. The van der Waals surface area contributed by atoms with E-state index in [1.807, 2.05) is 0 Å². The van der Waals surface area contributed by atoms with E-state index in [4.69, 9.17) is 9.47 Å². The van der Waals surface area contributed by atoms with Gasteiger partial charge in [0.1, 0.15) is 17.4 Å². The Labute approximate surface area is 124 Å². The number of hydrogen-bond acceptors (Lipinski definition) is 5. The van der Waals surface area contributed by atoms with Gasteiger partial charge in [-0.3, -0.25) is 0 Å². The molecule has 0 saturated heterocycles. The van der Waals surface area contributed by atoms with E-state index in [1.54, 1.807) is 6.92 Å². The van der Waals surface area contributed by atoms with Crippen molar-refractivity contribution in [2.24, 2.45) is 0 Å². The van der Waals surface area contributed by atoms with Crippen molar-refractivity contribution < 1.29 is 27.8 Å². The first-order valence-corrected chi connectivity index (χ1v) is 7.59. The third-order valence-electron chi connectivity index (χ3n) is 2.69. The molecule has 1 atom stereocenters. The molecule has 0 fully saturated rings. The second-order valence-electron chi connectivity index (χ2n) is 4.63. The summed E-state index contributed by atoms with van der Waals surface area (Å²) in [6.45, 7) is 2.01. The van der Waals surface area contributed by atoms with Gasteiger partial charge >= 0.3 is 5.97 Å². The van der Waals surface area contributed by atoms with Crippen LogP contribution in [0.2, 0.25) is 0 Å². The Morgan fingerprint density at radius 2 is 2.00 bits per heavy atom. The Bertz CT molecular complexity index is 611. The van der Waals surface area contributed by atoms with Crippen LogP contribution in [-0.2, 0) is 14.8 Å². The van der Waals surface area contributed by atoms with Crippen LogP contribution in [-0.4, -0.2) is 57.7 Å². The van der Waals surface area contributed by atoms with Crippen LogP contribution >= 0.6 is 0 Å². The lowest BCUT2D eigenvalue weighted by Gasteiger charge is -2.17. The van der Waals surface area contributed by atoms with Crippen LogP contribution in [0.4, 0.5) is 0 Å². The molecule has 0 bridgehead atoms. The lowest BCUT2D eigenvalue weighted by atomic mass is 10.2. The predicted octanol–water partition coefficient (Wildman–Crippen LogP) is 1.05. The van der Waals surface area contributed by atoms with Crippen molar-refractivity contribution in [3.05, 3.63) is 23.8 Å². The number of ether oxygens (including phenoxy) is 2. The molecule has 1 rings (SSSR count). The summed E-state index contributed by atoms with van der Waals surface area (Å²) in [5.41, 5.74) is -0.208. The number of rotatable bonds is 7. The molecule has 21 heavy (non-hydrogen) atoms. The molecular weight excluding hydrogens is 298 g/mol. The number of nitrogens with zero attached hydrogens (tertiary/aromatic N) is 1. The van der Waals surface area contributed by atoms with Gasteiger partial charge in [-0.1, -0.05) is 0 Å². The van der Waals surface area contributed by atoms with Gasteiger partial charge in [-0.2, -0.15) is 0 Å². The van der Waals surface area contributed by atoms with Crippen LogP contribution in [0.1, 0.15) is 17.3 Å². The first kappa shape index (κ1) is 17.4. The fourth-order valence-electron chi connectivity index (χ4n) is 1.64. The van der Waals surface area contributed by atoms with Gasteiger partial charge in [-0.05, 0) is 25.1 Å². The molecule has 0 amide bonds. The molecule has 0 aliphatic rings. The van der Waals surface area contributed by atoms with E-state index in [0.717, 1.165) is 10.4 Å². The topological polar surface area (TPSA) is 93.1 Å². The van der Waals surface area contributed by atoms with E-state index in [9.17, 15) is 18.3 Å². The van der Waals surface area contributed by atoms with E-state index in [0.29, 0.717) is 0 Å². The number of hydrogen-bond donors (Lipinski definition) is 1. The van der Waals surface area contributed by atoms with E-state index >= 15 is 0 Å². The van der Waals surface area contributed by atoms with Crippen LogP contribution in [0, 0.1) is 0 Å². The summed E-state index contributed by atoms with van der Waals surface area (Å²) in [4.78, 5) is 11.2. The van der Waals surface area contributed by atoms with Crippen molar-refractivity contribution in [1.82, 2.24) is 4.31 Å². The van der Waals surface area contributed by atoms with Gasteiger partial charge in [0.05, 0.1) is 11.5 Å². The number of carboxylic acids is 1. The molecule has 1 aromatic carbocycles. The first-order chi connectivity index (χ1) is 9.70. The number of carbonyl (C=O) groups is 1. The number of methoxy groups -OCH3 is 1. The minimum absolute atomic E-state index is 0.100. The molecule has 1 N–H and O–H groups in total. The Morgan fingerprint density at radius 3 is 2.48 bits per heavy atom. The summed E-state index contributed by atoms with van der Waals surface area (Å²) < 4.78 is 35.4. The van der Waals surface area contributed by atoms with Gasteiger partial charge in [0.25, 0.3) is 0 Å². The summed E-state index contributed by atoms with van der Waals surface area (Å²) in [6.07, 6.45) is -0.357. The third-order valence-corrected chi connectivity index (χ3v) is 4.50. The highest BCUT2D eigenvalue weighted by atomic mass is 32.2. The van der Waals surface area contributed by atoms with Gasteiger partial charge in [0, 0.05) is 21.2 Å². The van der Waals surface area contributed by atoms with Gasteiger partial charge in [0.15, 0.2) is 0 Å². The van der Waals surface area contributed by atoms with Crippen LogP contribution in [0.5, 0.6) is 5.75 Å². The van der Waals surface area contributed by atoms with Crippen molar-refractivity contribution in [3.8, 4) is 5.75 Å². The van der Waals surface area contributed by atoms with Gasteiger partial charge < -0.3 is 14.6 Å². The monoisotopic (exact) mass is 317 g/mol. The average molecular weight is 317 g/mol. The van der Waals surface area contributed by atoms with Crippen molar-refractivity contribution in [3.63, 3.8) is 0 Å². The largest absolute Gasteiger partial charge is 0.487 e. The van der Waals surface area contributed by atoms with Gasteiger partial charge in [0.2, 0.25) is 10.0 Å². The summed E-state index contributed by atoms with van der Waals surface area (Å²) in [5.74, 6) is -1.16. The predicted molar refractivity (Wildman–Crippen MR) is 76.2 cm³/mol. The summed E-state index contributed by atoms with van der Waals surface area (Å²) in [5, 5.41) is 9.22. The standard InChI is InChI=1S/C13H19NO6S/c1-9(8-19-4)20-12-6-5-10(7-11(12)13(15)16)21(17,18)14(2)3/h5-7,9H,8H2,1-4H3,(H,15,16). The van der Waals surface area contributed by atoms with Crippen molar-refractivity contribution in [1.29, 1.82) is 0 Å². The molecular formula is C13H19NO6S. The number of carboxylic acid groups (broad SMARTS) is 1. The van der Waals surface area contributed by atoms with E-state index in [2.05, 4.69) is 0 Å². The fourth-order valence-corrected chi connectivity index (χ4v) is 2.56. The lowest BCUT2D eigenvalue weighted by molar-refractivity contribution is 0.0673. The normalized spacial score (nSPS) is 13.2. The summed E-state index contributed by atoms with van der Waals surface area (Å²) in [7, 11) is 0.558. The average Bonchev–Trinajstić information content (AvgIpc) is 2.38. The molecule has 0 saturated carbocycles. The molecule has 118 valence electrons. The second-order valence-corrected chi connectivity index (χ2v) is 6.79. The molecule has 0 heterocycles. The highest BCUT2D eigenvalue weighted by Gasteiger charge is 2.22. The van der Waals surface area contributed by atoms with E-state index in [1.165, 1.54) is 33.3 Å². The van der Waals surface area contributed by atoms with E-state index < -0.39 is 16.0 Å². The van der Waals surface area contributed by atoms with Crippen molar-refractivity contribution in [2.45, 2.75) is 17.9 Å². The smallest absolute Gasteiger partial charge is 0.339 e. The Morgan fingerprint density at radius 1 is 1.38 bits per heavy atom. The Kier molecular flexibility index (Phi) is 5.70. The molecule has 1 unspecified atom stereocenters. The molecule has 0 aliphatic heterocycles. The number of aromatic carboxylic acids is 1. The maximum Gasteiger partial charge on any atom is 0.339 e. The van der Waals surface area contributed by atoms with Crippen LogP contribution in [0.15, 0.2) is 23.1 Å². The van der Waals surface area contributed by atoms with E-state index in [-0.39, 0.29) is 28.9 Å². The van der Waals surface area contributed by atoms with Crippen molar-refractivity contribution >= 4 is 16.0 Å². The quantitative estimate of drug-likeness (QED) is 0.808. The summed E-state index contributed by atoms with van der Waals surface area (Å²) >= 11 is 0. The third kappa shape index (κ3) is 4.16. The van der Waals surface area contributed by atoms with Gasteiger partial charge in [-0.15, -0.1) is 0 Å². The lowest BCUT2D eigenvalue weighted by Crippen LogP contribution is -2.23. The zero-order valence-electron chi connectivity index (χ0n) is 12.4. The second kappa shape index (κ2) is 6.88. The molecule has 0 radical (unpaired) electrons. The molecule has 7 nitrogen and oxygen atoms in total. The van der Waals surface area contributed by atoms with Crippen LogP contribution in [0.25, 0.3) is 0 Å². The Balaban J connectivity index is 3.23. The molecule has 1 aromatic rings. The van der Waals surface area contributed by atoms with Crippen LogP contribution in [0.3, 0.4) is 0 Å². The fraction of sp³-hybridized carbons (Fsp3) is 0.462. The van der Waals surface area contributed by atoms with Crippen molar-refractivity contribution in [2.75, 3.05) is 27.8 Å². The maximum absolute atomic E-state index is 12.0. The molecule has 0 spiro atoms. The van der Waals surface area contributed by atoms with Crippen LogP contribution < -0.4 is 4.74 Å². The summed E-state index contributed by atoms with van der Waals surface area (Å²) in [6, 6.07) is 3.75. The molecule has 8 heteroatoms. The highest BCUT2D eigenvalue weighted by molar-refractivity contribution is 7.89. The Hall–Kier alpha value is -1.64. The zero-order chi connectivity index (χ0) is 16.2.